The van der Waals surface area contributed by atoms with Gasteiger partial charge >= 0.3 is 0 Å². The first-order chi connectivity index (χ1) is 5.81. The number of aliphatic hydroxyl groups is 1. The molecule has 1 nitrogen and oxygen atoms in total. The van der Waals surface area contributed by atoms with Crippen LogP contribution in [0.25, 0.3) is 0 Å². The highest BCUT2D eigenvalue weighted by molar-refractivity contribution is 5.08. The Hall–Kier alpha value is -0.820. The van der Waals surface area contributed by atoms with Crippen LogP contribution in [0, 0.1) is 0 Å². The van der Waals surface area contributed by atoms with Crippen LogP contribution in [0.2, 0.25) is 0 Å². The molecule has 0 fully saturated rings. The van der Waals surface area contributed by atoms with E-state index in [0.717, 1.165) is 19.3 Å². The normalized spacial score (nSPS) is 14.2. The third-order valence-corrected chi connectivity index (χ3v) is 1.52. The number of aliphatic hydroxyl groups excluding tert-OH is 1. The third-order valence-electron chi connectivity index (χ3n) is 1.52. The van der Waals surface area contributed by atoms with Crippen LogP contribution in [0.15, 0.2) is 37.0 Å². The summed E-state index contributed by atoms with van der Waals surface area (Å²) in [5.41, 5.74) is 0. The lowest BCUT2D eigenvalue weighted by atomic mass is 10.1. The van der Waals surface area contributed by atoms with Gasteiger partial charge in [0.2, 0.25) is 0 Å². The van der Waals surface area contributed by atoms with Crippen LogP contribution in [0.5, 0.6) is 0 Å². The molecule has 0 aliphatic heterocycles. The Morgan fingerprint density at radius 1 is 1.33 bits per heavy atom. The minimum absolute atomic E-state index is 0.177. The van der Waals surface area contributed by atoms with Gasteiger partial charge in [-0.15, -0.1) is 0 Å². The Morgan fingerprint density at radius 3 is 2.67 bits per heavy atom. The summed E-state index contributed by atoms with van der Waals surface area (Å²) in [6.45, 7) is 5.63. The Bertz CT molecular complexity index is 156. The van der Waals surface area contributed by atoms with Crippen LogP contribution in [0.3, 0.4) is 0 Å². The first-order valence-electron chi connectivity index (χ1n) is 4.43. The maximum absolute atomic E-state index is 9.31. The van der Waals surface area contributed by atoms with Crippen LogP contribution in [0.4, 0.5) is 0 Å². The number of hydrogen-bond donors (Lipinski definition) is 1. The van der Waals surface area contributed by atoms with Crippen molar-refractivity contribution in [3.8, 4) is 0 Å². The Balaban J connectivity index is 3.45. The molecular formula is C11H18O. The topological polar surface area (TPSA) is 20.2 Å². The molecule has 1 heteroatoms. The molecular weight excluding hydrogens is 148 g/mol. The highest BCUT2D eigenvalue weighted by atomic mass is 16.3. The van der Waals surface area contributed by atoms with Gasteiger partial charge < -0.3 is 5.11 Å². The van der Waals surface area contributed by atoms with Gasteiger partial charge in [0.05, 0.1) is 6.10 Å². The van der Waals surface area contributed by atoms with Crippen LogP contribution in [-0.2, 0) is 0 Å². The van der Waals surface area contributed by atoms with Crippen molar-refractivity contribution in [1.29, 1.82) is 0 Å². The first-order valence-corrected chi connectivity index (χ1v) is 4.43. The zero-order chi connectivity index (χ0) is 9.23. The molecule has 0 radical (unpaired) electrons. The molecule has 0 spiro atoms. The summed E-state index contributed by atoms with van der Waals surface area (Å²) in [6.07, 6.45) is 11.9. The molecule has 0 aromatic carbocycles. The molecule has 0 bridgehead atoms. The summed E-state index contributed by atoms with van der Waals surface area (Å²) in [5.74, 6) is 0. The molecule has 0 heterocycles. The molecule has 1 unspecified atom stereocenters. The monoisotopic (exact) mass is 166 g/mol. The second kappa shape index (κ2) is 8.28. The van der Waals surface area contributed by atoms with E-state index >= 15 is 0 Å². The fraction of sp³-hybridized carbons (Fsp3) is 0.455. The predicted octanol–water partition coefficient (Wildman–Crippen LogP) is 2.84. The standard InChI is InChI=1S/C11H18O/c1-3-5-6-7-8-10-11(12)9-4-2/h3,5-8,11-12H,1,4,9-10H2,2H3/b6-5+,8-7+. The average molecular weight is 166 g/mol. The van der Waals surface area contributed by atoms with Crippen molar-refractivity contribution in [1.82, 2.24) is 0 Å². The van der Waals surface area contributed by atoms with E-state index in [2.05, 4.69) is 13.5 Å². The van der Waals surface area contributed by atoms with Gasteiger partial charge in [-0.05, 0) is 12.8 Å². The lowest BCUT2D eigenvalue weighted by Gasteiger charge is -2.03. The predicted molar refractivity (Wildman–Crippen MR) is 54.0 cm³/mol. The zero-order valence-electron chi connectivity index (χ0n) is 7.74. The molecule has 0 amide bonds. The molecule has 12 heavy (non-hydrogen) atoms. The van der Waals surface area contributed by atoms with E-state index in [1.165, 1.54) is 0 Å². The van der Waals surface area contributed by atoms with Gasteiger partial charge in [0.25, 0.3) is 0 Å². The van der Waals surface area contributed by atoms with Crippen LogP contribution >= 0.6 is 0 Å². The van der Waals surface area contributed by atoms with Crippen molar-refractivity contribution in [2.24, 2.45) is 0 Å². The van der Waals surface area contributed by atoms with E-state index in [1.54, 1.807) is 6.08 Å². The van der Waals surface area contributed by atoms with Crippen LogP contribution < -0.4 is 0 Å². The van der Waals surface area contributed by atoms with Crippen LogP contribution in [-0.4, -0.2) is 11.2 Å². The van der Waals surface area contributed by atoms with Crippen molar-refractivity contribution in [3.05, 3.63) is 37.0 Å². The highest BCUT2D eigenvalue weighted by Gasteiger charge is 1.96. The molecule has 0 aromatic rings. The molecule has 0 aliphatic rings. The Kier molecular flexibility index (Phi) is 7.71. The molecule has 68 valence electrons. The fourth-order valence-electron chi connectivity index (χ4n) is 0.908. The van der Waals surface area contributed by atoms with Crippen LogP contribution in [0.1, 0.15) is 26.2 Å². The summed E-state index contributed by atoms with van der Waals surface area (Å²) < 4.78 is 0. The molecule has 0 rings (SSSR count). The van der Waals surface area contributed by atoms with Gasteiger partial charge in [-0.3, -0.25) is 0 Å². The fourth-order valence-corrected chi connectivity index (χ4v) is 0.908. The Morgan fingerprint density at radius 2 is 2.08 bits per heavy atom. The van der Waals surface area contributed by atoms with Gasteiger partial charge in [-0.2, -0.15) is 0 Å². The summed E-state index contributed by atoms with van der Waals surface area (Å²) in [7, 11) is 0. The van der Waals surface area contributed by atoms with Crippen molar-refractivity contribution in [3.63, 3.8) is 0 Å². The van der Waals surface area contributed by atoms with Crippen molar-refractivity contribution in [2.75, 3.05) is 0 Å². The van der Waals surface area contributed by atoms with Gasteiger partial charge in [0.15, 0.2) is 0 Å². The molecule has 0 saturated heterocycles. The van der Waals surface area contributed by atoms with Crippen molar-refractivity contribution >= 4 is 0 Å². The number of hydrogen-bond acceptors (Lipinski definition) is 1. The van der Waals surface area contributed by atoms with Gasteiger partial charge in [-0.25, -0.2) is 0 Å². The molecule has 1 N–H and O–H groups in total. The van der Waals surface area contributed by atoms with Gasteiger partial charge in [-0.1, -0.05) is 50.3 Å². The summed E-state index contributed by atoms with van der Waals surface area (Å²) in [6, 6.07) is 0. The zero-order valence-corrected chi connectivity index (χ0v) is 7.74. The van der Waals surface area contributed by atoms with E-state index in [9.17, 15) is 5.11 Å². The van der Waals surface area contributed by atoms with E-state index in [-0.39, 0.29) is 6.10 Å². The summed E-state index contributed by atoms with van der Waals surface area (Å²) in [5, 5.41) is 9.31. The largest absolute Gasteiger partial charge is 0.393 e. The maximum atomic E-state index is 9.31. The van der Waals surface area contributed by atoms with E-state index < -0.39 is 0 Å². The van der Waals surface area contributed by atoms with Gasteiger partial charge in [0.1, 0.15) is 0 Å². The second-order valence-electron chi connectivity index (χ2n) is 2.73. The lowest BCUT2D eigenvalue weighted by Crippen LogP contribution is -2.02. The highest BCUT2D eigenvalue weighted by Crippen LogP contribution is 2.01. The molecule has 1 atom stereocenters. The quantitative estimate of drug-likeness (QED) is 0.601. The first kappa shape index (κ1) is 11.2. The second-order valence-corrected chi connectivity index (χ2v) is 2.73. The van der Waals surface area contributed by atoms with Gasteiger partial charge in [0, 0.05) is 0 Å². The Labute approximate surface area is 75.1 Å². The number of allylic oxidation sites excluding steroid dienone is 4. The minimum atomic E-state index is -0.177. The smallest absolute Gasteiger partial charge is 0.0574 e. The lowest BCUT2D eigenvalue weighted by molar-refractivity contribution is 0.167. The van der Waals surface area contributed by atoms with E-state index in [0.29, 0.717) is 0 Å². The number of rotatable bonds is 6. The van der Waals surface area contributed by atoms with Crippen molar-refractivity contribution in [2.45, 2.75) is 32.3 Å². The third kappa shape index (κ3) is 7.29. The summed E-state index contributed by atoms with van der Waals surface area (Å²) >= 11 is 0. The summed E-state index contributed by atoms with van der Waals surface area (Å²) in [4.78, 5) is 0. The minimum Gasteiger partial charge on any atom is -0.393 e. The molecule has 0 saturated carbocycles. The molecule has 0 aromatic heterocycles. The maximum Gasteiger partial charge on any atom is 0.0574 e. The SMILES string of the molecule is C=C/C=C/C=C/CC(O)CCC. The average Bonchev–Trinajstić information content (AvgIpc) is 2.05. The van der Waals surface area contributed by atoms with E-state index in [4.69, 9.17) is 0 Å². The van der Waals surface area contributed by atoms with E-state index in [1.807, 2.05) is 24.3 Å². The molecule has 0 aliphatic carbocycles. The van der Waals surface area contributed by atoms with Crippen molar-refractivity contribution < 1.29 is 5.11 Å².